The first kappa shape index (κ1) is 23.9. The Morgan fingerprint density at radius 3 is 2.44 bits per heavy atom. The van der Waals surface area contributed by atoms with E-state index >= 15 is 0 Å². The molecule has 180 valence electrons. The number of amides is 2. The van der Waals surface area contributed by atoms with Gasteiger partial charge in [0.05, 0.1) is 5.69 Å². The molecular formula is C26H30FN3O4. The zero-order valence-electron chi connectivity index (χ0n) is 20.1. The van der Waals surface area contributed by atoms with Gasteiger partial charge in [-0.2, -0.15) is 0 Å². The standard InChI is InChI=1S/C26H30FN3O4/c1-15(2)19-12-20(17-6-8-18(27)9-7-17)28-21-13-22(34-23(19)21)24(31)29-10-11-30(16(3)14-29)25(32)26(4,5)33/h6-9,12-13,15-16,33H,10-11,14H2,1-5H3/t16-/m0/s1. The second-order valence-electron chi connectivity index (χ2n) is 9.74. The van der Waals surface area contributed by atoms with Gasteiger partial charge in [-0.3, -0.25) is 9.59 Å². The third kappa shape index (κ3) is 4.55. The molecule has 3 heterocycles. The van der Waals surface area contributed by atoms with Crippen LogP contribution in [0, 0.1) is 5.82 Å². The molecule has 0 bridgehead atoms. The minimum atomic E-state index is -1.46. The van der Waals surface area contributed by atoms with Crippen LogP contribution in [0.5, 0.6) is 0 Å². The number of carbonyl (C=O) groups excluding carboxylic acids is 2. The van der Waals surface area contributed by atoms with Crippen LogP contribution in [0.2, 0.25) is 0 Å². The number of furan rings is 1. The summed E-state index contributed by atoms with van der Waals surface area (Å²) in [5, 5.41) is 10.1. The maximum Gasteiger partial charge on any atom is 0.289 e. The highest BCUT2D eigenvalue weighted by molar-refractivity contribution is 5.96. The smallest absolute Gasteiger partial charge is 0.289 e. The quantitative estimate of drug-likeness (QED) is 0.621. The number of aromatic nitrogens is 1. The number of fused-ring (bicyclic) bond motifs is 1. The van der Waals surface area contributed by atoms with Crippen LogP contribution in [0.3, 0.4) is 0 Å². The molecule has 1 N–H and O–H groups in total. The van der Waals surface area contributed by atoms with E-state index < -0.39 is 5.60 Å². The molecule has 1 atom stereocenters. The van der Waals surface area contributed by atoms with E-state index in [1.165, 1.54) is 26.0 Å². The van der Waals surface area contributed by atoms with Crippen molar-refractivity contribution in [2.45, 2.75) is 52.2 Å². The molecule has 0 unspecified atom stereocenters. The molecule has 0 saturated carbocycles. The Labute approximate surface area is 198 Å². The highest BCUT2D eigenvalue weighted by Crippen LogP contribution is 2.32. The number of nitrogens with zero attached hydrogens (tertiary/aromatic N) is 3. The van der Waals surface area contributed by atoms with E-state index in [1.807, 2.05) is 26.8 Å². The van der Waals surface area contributed by atoms with Crippen LogP contribution < -0.4 is 0 Å². The number of carbonyl (C=O) groups is 2. The maximum absolute atomic E-state index is 13.4. The largest absolute Gasteiger partial charge is 0.449 e. The molecule has 8 heteroatoms. The van der Waals surface area contributed by atoms with Gasteiger partial charge in [-0.15, -0.1) is 0 Å². The van der Waals surface area contributed by atoms with Crippen molar-refractivity contribution >= 4 is 22.9 Å². The van der Waals surface area contributed by atoms with Crippen molar-refractivity contribution in [1.82, 2.24) is 14.8 Å². The first-order chi connectivity index (χ1) is 16.0. The van der Waals surface area contributed by atoms with Gasteiger partial charge in [-0.25, -0.2) is 9.37 Å². The molecule has 7 nitrogen and oxygen atoms in total. The third-order valence-corrected chi connectivity index (χ3v) is 6.18. The van der Waals surface area contributed by atoms with Crippen molar-refractivity contribution in [3.63, 3.8) is 0 Å². The number of piperazine rings is 1. The topological polar surface area (TPSA) is 86.9 Å². The van der Waals surface area contributed by atoms with Gasteiger partial charge >= 0.3 is 0 Å². The lowest BCUT2D eigenvalue weighted by Crippen LogP contribution is -2.59. The summed E-state index contributed by atoms with van der Waals surface area (Å²) < 4.78 is 19.4. The van der Waals surface area contributed by atoms with E-state index in [1.54, 1.807) is 28.0 Å². The molecule has 4 rings (SSSR count). The third-order valence-electron chi connectivity index (χ3n) is 6.18. The summed E-state index contributed by atoms with van der Waals surface area (Å²) >= 11 is 0. The summed E-state index contributed by atoms with van der Waals surface area (Å²) in [6.07, 6.45) is 0. The Hall–Kier alpha value is -3.26. The molecule has 1 fully saturated rings. The Kier molecular flexibility index (Phi) is 6.20. The summed E-state index contributed by atoms with van der Waals surface area (Å²) in [4.78, 5) is 33.7. The molecular weight excluding hydrogens is 437 g/mol. The molecule has 0 aliphatic carbocycles. The fourth-order valence-electron chi connectivity index (χ4n) is 4.30. The van der Waals surface area contributed by atoms with Crippen LogP contribution in [0.25, 0.3) is 22.4 Å². The first-order valence-corrected chi connectivity index (χ1v) is 11.5. The lowest BCUT2D eigenvalue weighted by molar-refractivity contribution is -0.152. The fraction of sp³-hybridized carbons (Fsp3) is 0.423. The van der Waals surface area contributed by atoms with Crippen molar-refractivity contribution in [2.75, 3.05) is 19.6 Å². The van der Waals surface area contributed by atoms with Gasteiger partial charge in [-0.1, -0.05) is 13.8 Å². The van der Waals surface area contributed by atoms with Gasteiger partial charge in [0.25, 0.3) is 11.8 Å². The summed E-state index contributed by atoms with van der Waals surface area (Å²) in [7, 11) is 0. The van der Waals surface area contributed by atoms with Gasteiger partial charge < -0.3 is 19.3 Å². The minimum Gasteiger partial charge on any atom is -0.449 e. The van der Waals surface area contributed by atoms with Crippen LogP contribution in [0.15, 0.2) is 40.8 Å². The molecule has 0 spiro atoms. The predicted octanol–water partition coefficient (Wildman–Crippen LogP) is 4.20. The predicted molar refractivity (Wildman–Crippen MR) is 127 cm³/mol. The number of aliphatic hydroxyl groups is 1. The zero-order chi connectivity index (χ0) is 24.8. The van der Waals surface area contributed by atoms with E-state index in [0.29, 0.717) is 36.4 Å². The minimum absolute atomic E-state index is 0.121. The molecule has 34 heavy (non-hydrogen) atoms. The highest BCUT2D eigenvalue weighted by Gasteiger charge is 2.37. The molecule has 1 aromatic carbocycles. The molecule has 1 aliphatic heterocycles. The molecule has 2 aromatic heterocycles. The van der Waals surface area contributed by atoms with Crippen molar-refractivity contribution < 1.29 is 23.5 Å². The second-order valence-corrected chi connectivity index (χ2v) is 9.74. The molecule has 1 saturated heterocycles. The Morgan fingerprint density at radius 2 is 1.85 bits per heavy atom. The van der Waals surface area contributed by atoms with Gasteiger partial charge in [-0.05, 0) is 57.0 Å². The van der Waals surface area contributed by atoms with E-state index in [4.69, 9.17) is 4.42 Å². The van der Waals surface area contributed by atoms with Gasteiger partial charge in [0, 0.05) is 42.9 Å². The van der Waals surface area contributed by atoms with Crippen molar-refractivity contribution in [2.24, 2.45) is 0 Å². The molecule has 1 aliphatic rings. The van der Waals surface area contributed by atoms with E-state index in [2.05, 4.69) is 4.98 Å². The number of hydrogen-bond acceptors (Lipinski definition) is 5. The summed E-state index contributed by atoms with van der Waals surface area (Å²) in [5.74, 6) is -0.623. The SMILES string of the molecule is CC(C)c1cc(-c2ccc(F)cc2)nc2cc(C(=O)N3CCN(C(=O)C(C)(C)O)[C@@H](C)C3)oc12. The Morgan fingerprint density at radius 1 is 1.18 bits per heavy atom. The lowest BCUT2D eigenvalue weighted by atomic mass is 10.00. The van der Waals surface area contributed by atoms with E-state index in [9.17, 15) is 19.1 Å². The first-order valence-electron chi connectivity index (χ1n) is 11.5. The maximum atomic E-state index is 13.4. The summed E-state index contributed by atoms with van der Waals surface area (Å²) in [5.41, 5.74) is 2.05. The highest BCUT2D eigenvalue weighted by atomic mass is 19.1. The fourth-order valence-corrected chi connectivity index (χ4v) is 4.30. The molecule has 3 aromatic rings. The lowest BCUT2D eigenvalue weighted by Gasteiger charge is -2.41. The van der Waals surface area contributed by atoms with E-state index in [-0.39, 0.29) is 35.4 Å². The number of halogens is 1. The second kappa shape index (κ2) is 8.83. The number of pyridine rings is 1. The van der Waals surface area contributed by atoms with Crippen LogP contribution in [0.1, 0.15) is 56.7 Å². The van der Waals surface area contributed by atoms with Crippen molar-refractivity contribution in [1.29, 1.82) is 0 Å². The Balaban J connectivity index is 1.62. The normalized spacial score (nSPS) is 17.0. The zero-order valence-corrected chi connectivity index (χ0v) is 20.1. The van der Waals surface area contributed by atoms with Crippen LogP contribution in [0.4, 0.5) is 4.39 Å². The average Bonchev–Trinajstić information content (AvgIpc) is 3.21. The monoisotopic (exact) mass is 467 g/mol. The van der Waals surface area contributed by atoms with Crippen molar-refractivity contribution in [3.8, 4) is 11.3 Å². The molecule has 2 amide bonds. The summed E-state index contributed by atoms with van der Waals surface area (Å²) in [6, 6.07) is 9.46. The van der Waals surface area contributed by atoms with Crippen LogP contribution in [-0.2, 0) is 4.79 Å². The van der Waals surface area contributed by atoms with Crippen molar-refractivity contribution in [3.05, 3.63) is 53.5 Å². The van der Waals surface area contributed by atoms with Gasteiger partial charge in [0.2, 0.25) is 0 Å². The number of hydrogen-bond donors (Lipinski definition) is 1. The number of benzene rings is 1. The van der Waals surface area contributed by atoms with Gasteiger partial charge in [0.1, 0.15) is 16.9 Å². The average molecular weight is 468 g/mol. The molecule has 0 radical (unpaired) electrons. The summed E-state index contributed by atoms with van der Waals surface area (Å²) in [6.45, 7) is 9.87. The van der Waals surface area contributed by atoms with Crippen LogP contribution in [-0.4, -0.2) is 63.0 Å². The van der Waals surface area contributed by atoms with E-state index in [0.717, 1.165) is 11.1 Å². The number of rotatable bonds is 4. The van der Waals surface area contributed by atoms with Crippen LogP contribution >= 0.6 is 0 Å². The Bertz CT molecular complexity index is 1230. The van der Waals surface area contributed by atoms with Gasteiger partial charge in [0.15, 0.2) is 11.3 Å².